The fourth-order valence-electron chi connectivity index (χ4n) is 2.11. The molecule has 2 rings (SSSR count). The van der Waals surface area contributed by atoms with Gasteiger partial charge in [-0.05, 0) is 56.1 Å². The zero-order valence-corrected chi connectivity index (χ0v) is 12.8. The molecule has 0 saturated carbocycles. The fraction of sp³-hybridized carbons (Fsp3) is 0.375. The molecule has 0 radical (unpaired) electrons. The van der Waals surface area contributed by atoms with Crippen LogP contribution in [0.2, 0.25) is 0 Å². The zero-order chi connectivity index (χ0) is 14.7. The van der Waals surface area contributed by atoms with Crippen molar-refractivity contribution in [3.63, 3.8) is 0 Å². The highest BCUT2D eigenvalue weighted by Gasteiger charge is 2.18. The molecule has 0 aliphatic heterocycles. The number of rotatable bonds is 5. The van der Waals surface area contributed by atoms with E-state index in [1.54, 1.807) is 17.4 Å². The van der Waals surface area contributed by atoms with E-state index in [0.717, 1.165) is 23.4 Å². The molecule has 0 aliphatic carbocycles. The summed E-state index contributed by atoms with van der Waals surface area (Å²) < 4.78 is 26.6. The molecular formula is C16H19F2NS. The molecule has 0 fully saturated rings. The third-order valence-electron chi connectivity index (χ3n) is 3.35. The first kappa shape index (κ1) is 15.1. The number of aryl methyl sites for hydroxylation is 2. The predicted molar refractivity (Wildman–Crippen MR) is 80.3 cm³/mol. The molecule has 1 heterocycles. The third kappa shape index (κ3) is 3.25. The lowest BCUT2D eigenvalue weighted by atomic mass is 10.0. The van der Waals surface area contributed by atoms with Crippen molar-refractivity contribution in [2.45, 2.75) is 33.2 Å². The standard InChI is InChI=1S/C16H19F2NS/c1-4-7-19-16(15-8-10(2)11(3)20-15)12-5-6-13(17)14(18)9-12/h5-6,8-9,16,19H,4,7H2,1-3H3. The van der Waals surface area contributed by atoms with Gasteiger partial charge in [-0.15, -0.1) is 11.3 Å². The zero-order valence-electron chi connectivity index (χ0n) is 12.0. The van der Waals surface area contributed by atoms with Crippen molar-refractivity contribution < 1.29 is 8.78 Å². The van der Waals surface area contributed by atoms with E-state index in [2.05, 4.69) is 32.2 Å². The van der Waals surface area contributed by atoms with Crippen LogP contribution in [0.3, 0.4) is 0 Å². The Balaban J connectivity index is 2.38. The van der Waals surface area contributed by atoms with Gasteiger partial charge >= 0.3 is 0 Å². The molecular weight excluding hydrogens is 276 g/mol. The average Bonchev–Trinajstić information content (AvgIpc) is 2.74. The quantitative estimate of drug-likeness (QED) is 0.840. The molecule has 0 spiro atoms. The van der Waals surface area contributed by atoms with E-state index in [4.69, 9.17) is 0 Å². The van der Waals surface area contributed by atoms with Gasteiger partial charge in [0.25, 0.3) is 0 Å². The first-order valence-corrected chi connectivity index (χ1v) is 7.59. The second-order valence-corrected chi connectivity index (χ2v) is 6.24. The molecule has 0 bridgehead atoms. The number of hydrogen-bond acceptors (Lipinski definition) is 2. The van der Waals surface area contributed by atoms with Gasteiger partial charge in [-0.2, -0.15) is 0 Å². The largest absolute Gasteiger partial charge is 0.306 e. The minimum atomic E-state index is -0.804. The highest BCUT2D eigenvalue weighted by molar-refractivity contribution is 7.12. The summed E-state index contributed by atoms with van der Waals surface area (Å²) in [5.74, 6) is -1.60. The Morgan fingerprint density at radius 2 is 1.90 bits per heavy atom. The van der Waals surface area contributed by atoms with Gasteiger partial charge in [0.15, 0.2) is 11.6 Å². The molecule has 108 valence electrons. The molecule has 1 atom stereocenters. The summed E-state index contributed by atoms with van der Waals surface area (Å²) >= 11 is 1.70. The van der Waals surface area contributed by atoms with Crippen LogP contribution in [0.1, 0.15) is 40.3 Å². The summed E-state index contributed by atoms with van der Waals surface area (Å²) in [6.45, 7) is 7.06. The highest BCUT2D eigenvalue weighted by Crippen LogP contribution is 2.31. The van der Waals surface area contributed by atoms with Crippen molar-refractivity contribution >= 4 is 11.3 Å². The van der Waals surface area contributed by atoms with Crippen molar-refractivity contribution in [1.29, 1.82) is 0 Å². The van der Waals surface area contributed by atoms with E-state index in [9.17, 15) is 8.78 Å². The van der Waals surface area contributed by atoms with E-state index < -0.39 is 11.6 Å². The minimum absolute atomic E-state index is 0.0811. The van der Waals surface area contributed by atoms with Gasteiger partial charge in [-0.25, -0.2) is 8.78 Å². The van der Waals surface area contributed by atoms with Gasteiger partial charge in [-0.1, -0.05) is 13.0 Å². The minimum Gasteiger partial charge on any atom is -0.306 e. The van der Waals surface area contributed by atoms with Crippen LogP contribution in [0.5, 0.6) is 0 Å². The van der Waals surface area contributed by atoms with Crippen LogP contribution in [0.4, 0.5) is 8.78 Å². The number of hydrogen-bond donors (Lipinski definition) is 1. The summed E-state index contributed by atoms with van der Waals surface area (Å²) in [4.78, 5) is 2.39. The molecule has 1 unspecified atom stereocenters. The Morgan fingerprint density at radius 3 is 2.45 bits per heavy atom. The van der Waals surface area contributed by atoms with E-state index in [-0.39, 0.29) is 6.04 Å². The second-order valence-electron chi connectivity index (χ2n) is 4.95. The van der Waals surface area contributed by atoms with Crippen LogP contribution < -0.4 is 5.32 Å². The lowest BCUT2D eigenvalue weighted by Gasteiger charge is -2.18. The molecule has 20 heavy (non-hydrogen) atoms. The van der Waals surface area contributed by atoms with Gasteiger partial charge < -0.3 is 5.32 Å². The molecule has 1 N–H and O–H groups in total. The van der Waals surface area contributed by atoms with Gasteiger partial charge in [-0.3, -0.25) is 0 Å². The summed E-state index contributed by atoms with van der Waals surface area (Å²) in [6.07, 6.45) is 0.990. The van der Waals surface area contributed by atoms with Crippen molar-refractivity contribution in [2.75, 3.05) is 6.54 Å². The molecule has 0 saturated heterocycles. The maximum atomic E-state index is 13.5. The first-order chi connectivity index (χ1) is 9.52. The van der Waals surface area contributed by atoms with Crippen molar-refractivity contribution in [3.05, 3.63) is 56.8 Å². The Bertz CT molecular complexity index is 573. The van der Waals surface area contributed by atoms with Crippen molar-refractivity contribution in [3.8, 4) is 0 Å². The summed E-state index contributed by atoms with van der Waals surface area (Å²) in [6, 6.07) is 6.17. The first-order valence-electron chi connectivity index (χ1n) is 6.78. The average molecular weight is 295 g/mol. The molecule has 1 aromatic heterocycles. The maximum absolute atomic E-state index is 13.5. The van der Waals surface area contributed by atoms with E-state index in [1.165, 1.54) is 22.6 Å². The number of benzene rings is 1. The van der Waals surface area contributed by atoms with Crippen molar-refractivity contribution in [2.24, 2.45) is 0 Å². The van der Waals surface area contributed by atoms with Crippen LogP contribution in [-0.2, 0) is 0 Å². The van der Waals surface area contributed by atoms with Crippen LogP contribution >= 0.6 is 11.3 Å². The predicted octanol–water partition coefficient (Wildman–Crippen LogP) is 4.73. The third-order valence-corrected chi connectivity index (χ3v) is 4.56. The molecule has 0 aliphatic rings. The molecule has 4 heteroatoms. The highest BCUT2D eigenvalue weighted by atomic mass is 32.1. The van der Waals surface area contributed by atoms with Gasteiger partial charge in [0.2, 0.25) is 0 Å². The smallest absolute Gasteiger partial charge is 0.159 e. The molecule has 2 aromatic rings. The maximum Gasteiger partial charge on any atom is 0.159 e. The summed E-state index contributed by atoms with van der Waals surface area (Å²) in [7, 11) is 0. The van der Waals surface area contributed by atoms with Crippen LogP contribution in [0.25, 0.3) is 0 Å². The number of halogens is 2. The van der Waals surface area contributed by atoms with E-state index in [0.29, 0.717) is 0 Å². The van der Waals surface area contributed by atoms with Crippen molar-refractivity contribution in [1.82, 2.24) is 5.32 Å². The van der Waals surface area contributed by atoms with Crippen LogP contribution in [0.15, 0.2) is 24.3 Å². The summed E-state index contributed by atoms with van der Waals surface area (Å²) in [5.41, 5.74) is 1.99. The number of nitrogens with one attached hydrogen (secondary N) is 1. The Morgan fingerprint density at radius 1 is 1.15 bits per heavy atom. The van der Waals surface area contributed by atoms with E-state index >= 15 is 0 Å². The Hall–Kier alpha value is -1.26. The van der Waals surface area contributed by atoms with Gasteiger partial charge in [0, 0.05) is 9.75 Å². The molecule has 1 nitrogen and oxygen atoms in total. The number of thiophene rings is 1. The lowest BCUT2D eigenvalue weighted by molar-refractivity contribution is 0.503. The Kier molecular flexibility index (Phi) is 4.89. The van der Waals surface area contributed by atoms with Gasteiger partial charge in [0.1, 0.15) is 0 Å². The second kappa shape index (κ2) is 6.46. The van der Waals surface area contributed by atoms with Crippen LogP contribution in [0, 0.1) is 25.5 Å². The lowest BCUT2D eigenvalue weighted by Crippen LogP contribution is -2.22. The van der Waals surface area contributed by atoms with Crippen LogP contribution in [-0.4, -0.2) is 6.54 Å². The monoisotopic (exact) mass is 295 g/mol. The summed E-state index contributed by atoms with van der Waals surface area (Å²) in [5, 5.41) is 3.41. The normalized spacial score (nSPS) is 12.7. The fourth-order valence-corrected chi connectivity index (χ4v) is 3.25. The van der Waals surface area contributed by atoms with Gasteiger partial charge in [0.05, 0.1) is 6.04 Å². The Labute approximate surface area is 122 Å². The molecule has 0 amide bonds. The van der Waals surface area contributed by atoms with E-state index in [1.807, 2.05) is 0 Å². The topological polar surface area (TPSA) is 12.0 Å². The SMILES string of the molecule is CCCNC(c1ccc(F)c(F)c1)c1cc(C)c(C)s1. The molecule has 1 aromatic carbocycles.